The van der Waals surface area contributed by atoms with Crippen LogP contribution in [0.3, 0.4) is 0 Å². The van der Waals surface area contributed by atoms with Gasteiger partial charge in [0.05, 0.1) is 5.56 Å². The quantitative estimate of drug-likeness (QED) is 0.349. The number of hydrogen-bond acceptors (Lipinski definition) is 6. The highest BCUT2D eigenvalue weighted by Crippen LogP contribution is 2.35. The van der Waals surface area contributed by atoms with Gasteiger partial charge in [0.2, 0.25) is 0 Å². The van der Waals surface area contributed by atoms with E-state index < -0.39 is 36.0 Å². The van der Waals surface area contributed by atoms with E-state index in [1.807, 2.05) is 13.8 Å². The standard InChI is InChI=1S/C23H31N5O6/c1-14(2)25-21(32)24-12-16-4-6-17(7-5-16)19(30)34-13-18(29)27-28-20(31)23(26-22(28)33)10-8-15(3)9-11-23/h4-7,14-15H,8-13H2,1-3H3,(H,26,33)(H,27,29)(H2,24,25,32). The molecule has 1 saturated carbocycles. The van der Waals surface area contributed by atoms with Crippen LogP contribution < -0.4 is 21.4 Å². The number of ether oxygens (including phenoxy) is 1. The Morgan fingerprint density at radius 1 is 1.15 bits per heavy atom. The molecule has 0 atom stereocenters. The van der Waals surface area contributed by atoms with Crippen LogP contribution in [0.25, 0.3) is 0 Å². The van der Waals surface area contributed by atoms with Crippen molar-refractivity contribution in [2.24, 2.45) is 5.92 Å². The van der Waals surface area contributed by atoms with Gasteiger partial charge in [0.25, 0.3) is 11.8 Å². The minimum atomic E-state index is -0.973. The molecule has 1 saturated heterocycles. The van der Waals surface area contributed by atoms with Gasteiger partial charge >= 0.3 is 18.0 Å². The minimum absolute atomic E-state index is 0.0181. The SMILES string of the molecule is CC1CCC2(CC1)NC(=O)N(NC(=O)COC(=O)c1ccc(CNC(=O)NC(C)C)cc1)C2=O. The molecule has 2 aliphatic rings. The van der Waals surface area contributed by atoms with E-state index in [1.165, 1.54) is 12.1 Å². The first-order chi connectivity index (χ1) is 16.1. The average molecular weight is 474 g/mol. The van der Waals surface area contributed by atoms with Crippen molar-refractivity contribution in [1.29, 1.82) is 0 Å². The summed E-state index contributed by atoms with van der Waals surface area (Å²) in [5.74, 6) is -1.54. The molecule has 1 aliphatic heterocycles. The molecule has 4 N–H and O–H groups in total. The lowest BCUT2D eigenvalue weighted by atomic mass is 9.77. The third-order valence-corrected chi connectivity index (χ3v) is 5.92. The minimum Gasteiger partial charge on any atom is -0.452 e. The molecule has 0 aromatic heterocycles. The van der Waals surface area contributed by atoms with Crippen molar-refractivity contribution in [2.45, 2.75) is 64.6 Å². The normalized spacial score (nSPS) is 21.9. The number of imide groups is 1. The monoisotopic (exact) mass is 473 g/mol. The number of urea groups is 2. The summed E-state index contributed by atoms with van der Waals surface area (Å²) < 4.78 is 5.00. The molecule has 0 radical (unpaired) electrons. The van der Waals surface area contributed by atoms with Crippen molar-refractivity contribution in [3.63, 3.8) is 0 Å². The fraction of sp³-hybridized carbons (Fsp3) is 0.522. The van der Waals surface area contributed by atoms with Crippen LogP contribution in [-0.4, -0.2) is 53.0 Å². The second-order valence-electron chi connectivity index (χ2n) is 9.13. The van der Waals surface area contributed by atoms with Crippen LogP contribution in [0, 0.1) is 5.92 Å². The second-order valence-corrected chi connectivity index (χ2v) is 9.13. The highest BCUT2D eigenvalue weighted by atomic mass is 16.5. The summed E-state index contributed by atoms with van der Waals surface area (Å²) in [4.78, 5) is 61.1. The summed E-state index contributed by atoms with van der Waals surface area (Å²) in [5, 5.41) is 8.78. The molecule has 1 aromatic rings. The van der Waals surface area contributed by atoms with Crippen molar-refractivity contribution in [3.8, 4) is 0 Å². The first-order valence-electron chi connectivity index (χ1n) is 11.4. The van der Waals surface area contributed by atoms with Crippen LogP contribution in [0.5, 0.6) is 0 Å². The largest absolute Gasteiger partial charge is 0.452 e. The lowest BCUT2D eigenvalue weighted by Gasteiger charge is -2.33. The van der Waals surface area contributed by atoms with Gasteiger partial charge in [-0.15, -0.1) is 0 Å². The summed E-state index contributed by atoms with van der Waals surface area (Å²) in [6.07, 6.45) is 2.67. The Morgan fingerprint density at radius 2 is 1.79 bits per heavy atom. The molecule has 0 bridgehead atoms. The first-order valence-corrected chi connectivity index (χ1v) is 11.4. The maximum absolute atomic E-state index is 12.8. The molecule has 184 valence electrons. The van der Waals surface area contributed by atoms with E-state index in [0.717, 1.165) is 18.4 Å². The third kappa shape index (κ3) is 6.03. The number of amides is 6. The molecule has 11 heteroatoms. The molecular weight excluding hydrogens is 442 g/mol. The van der Waals surface area contributed by atoms with Crippen LogP contribution in [0.1, 0.15) is 62.4 Å². The van der Waals surface area contributed by atoms with E-state index in [-0.39, 0.29) is 24.2 Å². The Balaban J connectivity index is 1.46. The zero-order valence-electron chi connectivity index (χ0n) is 19.6. The van der Waals surface area contributed by atoms with Crippen molar-refractivity contribution >= 4 is 29.8 Å². The molecule has 1 aromatic carbocycles. The van der Waals surface area contributed by atoms with Gasteiger partial charge in [-0.1, -0.05) is 19.1 Å². The molecule has 1 aliphatic carbocycles. The molecule has 3 rings (SSSR count). The maximum atomic E-state index is 12.8. The number of esters is 1. The molecule has 2 fully saturated rings. The van der Waals surface area contributed by atoms with Crippen molar-refractivity contribution in [1.82, 2.24) is 26.4 Å². The van der Waals surface area contributed by atoms with E-state index in [0.29, 0.717) is 23.8 Å². The zero-order chi connectivity index (χ0) is 24.9. The van der Waals surface area contributed by atoms with Gasteiger partial charge in [-0.25, -0.2) is 14.4 Å². The van der Waals surface area contributed by atoms with Gasteiger partial charge in [0, 0.05) is 12.6 Å². The smallest absolute Gasteiger partial charge is 0.344 e. The lowest BCUT2D eigenvalue weighted by molar-refractivity contribution is -0.141. The van der Waals surface area contributed by atoms with Crippen molar-refractivity contribution in [3.05, 3.63) is 35.4 Å². The zero-order valence-corrected chi connectivity index (χ0v) is 19.6. The van der Waals surface area contributed by atoms with Gasteiger partial charge in [-0.2, -0.15) is 5.01 Å². The van der Waals surface area contributed by atoms with Crippen LogP contribution in [0.4, 0.5) is 9.59 Å². The van der Waals surface area contributed by atoms with E-state index in [1.54, 1.807) is 12.1 Å². The van der Waals surface area contributed by atoms with E-state index in [9.17, 15) is 24.0 Å². The maximum Gasteiger partial charge on any atom is 0.344 e. The molecule has 34 heavy (non-hydrogen) atoms. The van der Waals surface area contributed by atoms with Gasteiger partial charge < -0.3 is 20.7 Å². The van der Waals surface area contributed by atoms with Gasteiger partial charge in [-0.05, 0) is 63.1 Å². The molecule has 1 spiro atoms. The van der Waals surface area contributed by atoms with Gasteiger partial charge in [0.15, 0.2) is 6.61 Å². The number of nitrogens with one attached hydrogen (secondary N) is 4. The Hall–Kier alpha value is -3.63. The average Bonchev–Trinajstić information content (AvgIpc) is 3.02. The summed E-state index contributed by atoms with van der Waals surface area (Å²) in [7, 11) is 0. The predicted octanol–water partition coefficient (Wildman–Crippen LogP) is 1.58. The fourth-order valence-electron chi connectivity index (χ4n) is 3.94. The summed E-state index contributed by atoms with van der Waals surface area (Å²) >= 11 is 0. The van der Waals surface area contributed by atoms with E-state index in [4.69, 9.17) is 4.74 Å². The van der Waals surface area contributed by atoms with Gasteiger partial charge in [-0.3, -0.25) is 15.0 Å². The summed E-state index contributed by atoms with van der Waals surface area (Å²) in [5.41, 5.74) is 2.25. The summed E-state index contributed by atoms with van der Waals surface area (Å²) in [6.45, 7) is 5.43. The molecule has 1 heterocycles. The van der Waals surface area contributed by atoms with Crippen LogP contribution in [0.15, 0.2) is 24.3 Å². The second kappa shape index (κ2) is 10.5. The third-order valence-electron chi connectivity index (χ3n) is 5.92. The number of nitrogens with zero attached hydrogens (tertiary/aromatic N) is 1. The topological polar surface area (TPSA) is 146 Å². The number of carbonyl (C=O) groups excluding carboxylic acids is 5. The van der Waals surface area contributed by atoms with E-state index in [2.05, 4.69) is 28.3 Å². The highest BCUT2D eigenvalue weighted by Gasteiger charge is 2.52. The number of benzene rings is 1. The number of hydrogen-bond donors (Lipinski definition) is 4. The Labute approximate surface area is 197 Å². The fourth-order valence-corrected chi connectivity index (χ4v) is 3.94. The molecule has 6 amide bonds. The molecule has 11 nitrogen and oxygen atoms in total. The lowest BCUT2D eigenvalue weighted by Crippen LogP contribution is -2.52. The number of hydrazine groups is 1. The summed E-state index contributed by atoms with van der Waals surface area (Å²) in [6, 6.07) is 5.38. The van der Waals surface area contributed by atoms with Crippen molar-refractivity contribution < 1.29 is 28.7 Å². The highest BCUT2D eigenvalue weighted by molar-refractivity contribution is 6.08. The number of carbonyl (C=O) groups is 5. The van der Waals surface area contributed by atoms with Crippen LogP contribution >= 0.6 is 0 Å². The van der Waals surface area contributed by atoms with Crippen LogP contribution in [-0.2, 0) is 20.9 Å². The number of rotatable bonds is 7. The van der Waals surface area contributed by atoms with E-state index >= 15 is 0 Å². The Kier molecular flexibility index (Phi) is 7.75. The Morgan fingerprint density at radius 3 is 2.41 bits per heavy atom. The van der Waals surface area contributed by atoms with Crippen LogP contribution in [0.2, 0.25) is 0 Å². The predicted molar refractivity (Wildman–Crippen MR) is 121 cm³/mol. The van der Waals surface area contributed by atoms with Crippen molar-refractivity contribution in [2.75, 3.05) is 6.61 Å². The first kappa shape index (κ1) is 25.0. The van der Waals surface area contributed by atoms with Gasteiger partial charge in [0.1, 0.15) is 5.54 Å². The Bertz CT molecular complexity index is 953. The molecular formula is C23H31N5O6. The molecule has 0 unspecified atom stereocenters.